The summed E-state index contributed by atoms with van der Waals surface area (Å²) in [6, 6.07) is 8.08. The highest BCUT2D eigenvalue weighted by atomic mass is 19.4. The van der Waals surface area contributed by atoms with Crippen molar-refractivity contribution in [3.8, 4) is 11.4 Å². The van der Waals surface area contributed by atoms with Gasteiger partial charge in [0, 0.05) is 42.5 Å². The Morgan fingerprint density at radius 1 is 1.00 bits per heavy atom. The Balaban J connectivity index is 1.46. The number of anilines is 1. The summed E-state index contributed by atoms with van der Waals surface area (Å²) >= 11 is 0. The maximum Gasteiger partial charge on any atom is 0.416 e. The Hall–Kier alpha value is -4.02. The number of rotatable bonds is 9. The van der Waals surface area contributed by atoms with Gasteiger partial charge in [0.05, 0.1) is 23.2 Å². The summed E-state index contributed by atoms with van der Waals surface area (Å²) in [4.78, 5) is 36.1. The van der Waals surface area contributed by atoms with Gasteiger partial charge in [0.15, 0.2) is 5.82 Å². The summed E-state index contributed by atoms with van der Waals surface area (Å²) in [5.41, 5.74) is 1.87. The maximum atomic E-state index is 12.9. The lowest BCUT2D eigenvalue weighted by Gasteiger charge is -2.16. The van der Waals surface area contributed by atoms with Gasteiger partial charge in [-0.1, -0.05) is 25.0 Å². The van der Waals surface area contributed by atoms with Crippen molar-refractivity contribution in [1.29, 1.82) is 0 Å². The van der Waals surface area contributed by atoms with Gasteiger partial charge in [0.2, 0.25) is 0 Å². The number of carbonyl (C=O) groups excluding carboxylic acids is 1. The highest BCUT2D eigenvalue weighted by Crippen LogP contribution is 2.36. The Bertz CT molecular complexity index is 1240. The van der Waals surface area contributed by atoms with E-state index in [2.05, 4.69) is 20.6 Å². The number of nitrogens with zero attached hydrogens (tertiary/aromatic N) is 3. The molecule has 1 aromatic carbocycles. The molecular weight excluding hydrogens is 487 g/mol. The fourth-order valence-electron chi connectivity index (χ4n) is 4.26. The van der Waals surface area contributed by atoms with E-state index in [1.54, 1.807) is 18.3 Å². The molecule has 8 nitrogen and oxygen atoms in total. The number of alkyl halides is 3. The highest BCUT2D eigenvalue weighted by molar-refractivity contribution is 5.94. The molecule has 1 saturated carbocycles. The molecule has 0 unspecified atom stereocenters. The van der Waals surface area contributed by atoms with Crippen LogP contribution in [0, 0.1) is 0 Å². The van der Waals surface area contributed by atoms with Crippen LogP contribution in [0.25, 0.3) is 11.4 Å². The predicted octanol–water partition coefficient (Wildman–Crippen LogP) is 5.03. The molecule has 0 spiro atoms. The minimum absolute atomic E-state index is 0.0284. The zero-order chi connectivity index (χ0) is 26.4. The van der Waals surface area contributed by atoms with Crippen LogP contribution < -0.4 is 10.6 Å². The van der Waals surface area contributed by atoms with E-state index in [0.717, 1.165) is 49.1 Å². The van der Waals surface area contributed by atoms with Crippen LogP contribution in [-0.4, -0.2) is 38.5 Å². The lowest BCUT2D eigenvalue weighted by Crippen LogP contribution is -2.26. The summed E-state index contributed by atoms with van der Waals surface area (Å²) in [5.74, 6) is -0.234. The average molecular weight is 514 g/mol. The molecule has 3 aromatic rings. The molecule has 3 N–H and O–H groups in total. The second-order valence-corrected chi connectivity index (χ2v) is 8.85. The van der Waals surface area contributed by atoms with Crippen LogP contribution in [0.5, 0.6) is 0 Å². The second kappa shape index (κ2) is 11.4. The molecule has 4 rings (SSSR count). The van der Waals surface area contributed by atoms with E-state index >= 15 is 0 Å². The van der Waals surface area contributed by atoms with Crippen molar-refractivity contribution in [3.63, 3.8) is 0 Å². The number of amides is 1. The van der Waals surface area contributed by atoms with Gasteiger partial charge >= 0.3 is 12.1 Å². The van der Waals surface area contributed by atoms with Crippen LogP contribution in [0.2, 0.25) is 0 Å². The largest absolute Gasteiger partial charge is 0.481 e. The standard InChI is InChI=1S/C26H26F3N5O3/c27-26(28,29)20-8-5-17(6-9-20)24-33-15-19(23(34-24)16-3-1-2-4-16)14-32-21-10-7-18(13-31-21)25(37)30-12-11-22(35)36/h5-10,13,15-16H,1-4,11-12,14H2,(H,30,37)(H,31,32)(H,35,36). The number of pyridine rings is 1. The molecule has 1 aliphatic carbocycles. The van der Waals surface area contributed by atoms with Gasteiger partial charge in [-0.05, 0) is 37.1 Å². The molecule has 11 heteroatoms. The van der Waals surface area contributed by atoms with Crippen molar-refractivity contribution in [3.05, 3.63) is 71.2 Å². The van der Waals surface area contributed by atoms with Crippen LogP contribution in [0.3, 0.4) is 0 Å². The van der Waals surface area contributed by atoms with Crippen molar-refractivity contribution in [2.24, 2.45) is 0 Å². The summed E-state index contributed by atoms with van der Waals surface area (Å²) in [6.45, 7) is 0.414. The van der Waals surface area contributed by atoms with Crippen LogP contribution in [-0.2, 0) is 17.5 Å². The summed E-state index contributed by atoms with van der Waals surface area (Å²) in [7, 11) is 0. The minimum Gasteiger partial charge on any atom is -0.481 e. The van der Waals surface area contributed by atoms with E-state index in [0.29, 0.717) is 29.3 Å². The number of hydrogen-bond donors (Lipinski definition) is 3. The molecule has 0 atom stereocenters. The molecular formula is C26H26F3N5O3. The molecule has 1 amide bonds. The third kappa shape index (κ3) is 6.81. The summed E-state index contributed by atoms with van der Waals surface area (Å²) in [6.07, 6.45) is 2.69. The average Bonchev–Trinajstić information content (AvgIpc) is 3.42. The number of halogens is 3. The fraction of sp³-hybridized carbons (Fsp3) is 0.346. The molecule has 0 aliphatic heterocycles. The van der Waals surface area contributed by atoms with E-state index in [9.17, 15) is 22.8 Å². The molecule has 1 aliphatic rings. The molecule has 0 radical (unpaired) electrons. The first-order valence-electron chi connectivity index (χ1n) is 11.9. The molecule has 2 aromatic heterocycles. The van der Waals surface area contributed by atoms with Crippen molar-refractivity contribution in [2.75, 3.05) is 11.9 Å². The van der Waals surface area contributed by atoms with Gasteiger partial charge in [0.1, 0.15) is 5.82 Å². The quantitative estimate of drug-likeness (QED) is 0.367. The molecule has 1 fully saturated rings. The highest BCUT2D eigenvalue weighted by Gasteiger charge is 2.30. The Morgan fingerprint density at radius 2 is 1.73 bits per heavy atom. The second-order valence-electron chi connectivity index (χ2n) is 8.85. The minimum atomic E-state index is -4.40. The number of aliphatic carboxylic acids is 1. The van der Waals surface area contributed by atoms with Crippen molar-refractivity contribution in [2.45, 2.75) is 50.7 Å². The van der Waals surface area contributed by atoms with E-state index in [4.69, 9.17) is 10.1 Å². The molecule has 37 heavy (non-hydrogen) atoms. The Morgan fingerprint density at radius 3 is 2.35 bits per heavy atom. The Labute approximate surface area is 211 Å². The number of benzene rings is 1. The van der Waals surface area contributed by atoms with Crippen LogP contribution in [0.1, 0.15) is 65.2 Å². The first-order chi connectivity index (χ1) is 17.7. The van der Waals surface area contributed by atoms with Gasteiger partial charge in [-0.3, -0.25) is 9.59 Å². The number of carboxylic acid groups (broad SMARTS) is 1. The summed E-state index contributed by atoms with van der Waals surface area (Å²) < 4.78 is 38.8. The first-order valence-corrected chi connectivity index (χ1v) is 11.9. The third-order valence-corrected chi connectivity index (χ3v) is 6.22. The topological polar surface area (TPSA) is 117 Å². The molecule has 0 bridgehead atoms. The molecule has 0 saturated heterocycles. The normalized spacial score (nSPS) is 13.9. The summed E-state index contributed by atoms with van der Waals surface area (Å²) in [5, 5.41) is 14.4. The number of carbonyl (C=O) groups is 2. The maximum absolute atomic E-state index is 12.9. The van der Waals surface area contributed by atoms with Crippen molar-refractivity contribution < 1.29 is 27.9 Å². The predicted molar refractivity (Wildman–Crippen MR) is 130 cm³/mol. The van der Waals surface area contributed by atoms with Gasteiger partial charge in [-0.25, -0.2) is 15.0 Å². The zero-order valence-electron chi connectivity index (χ0n) is 19.9. The lowest BCUT2D eigenvalue weighted by atomic mass is 9.99. The van der Waals surface area contributed by atoms with E-state index in [-0.39, 0.29) is 18.9 Å². The van der Waals surface area contributed by atoms with E-state index < -0.39 is 23.6 Å². The number of carboxylic acids is 1. The Kier molecular flexibility index (Phi) is 8.00. The lowest BCUT2D eigenvalue weighted by molar-refractivity contribution is -0.138. The van der Waals surface area contributed by atoms with Crippen LogP contribution in [0.4, 0.5) is 19.0 Å². The SMILES string of the molecule is O=C(O)CCNC(=O)c1ccc(NCc2cnc(-c3ccc(C(F)(F)F)cc3)nc2C2CCCC2)nc1. The third-order valence-electron chi connectivity index (χ3n) is 6.22. The van der Waals surface area contributed by atoms with Gasteiger partial charge in [-0.2, -0.15) is 13.2 Å². The van der Waals surface area contributed by atoms with E-state index in [1.807, 2.05) is 0 Å². The monoisotopic (exact) mass is 513 g/mol. The smallest absolute Gasteiger partial charge is 0.416 e. The van der Waals surface area contributed by atoms with E-state index in [1.165, 1.54) is 18.3 Å². The van der Waals surface area contributed by atoms with Gasteiger partial charge in [0.25, 0.3) is 5.91 Å². The van der Waals surface area contributed by atoms with Crippen molar-refractivity contribution >= 4 is 17.7 Å². The molecule has 194 valence electrons. The number of nitrogens with one attached hydrogen (secondary N) is 2. The van der Waals surface area contributed by atoms with Gasteiger partial charge < -0.3 is 15.7 Å². The van der Waals surface area contributed by atoms with Gasteiger partial charge in [-0.15, -0.1) is 0 Å². The fourth-order valence-corrected chi connectivity index (χ4v) is 4.26. The van der Waals surface area contributed by atoms with Crippen LogP contribution >= 0.6 is 0 Å². The first kappa shape index (κ1) is 26.1. The number of hydrogen-bond acceptors (Lipinski definition) is 6. The van der Waals surface area contributed by atoms with Crippen LogP contribution in [0.15, 0.2) is 48.8 Å². The number of aromatic nitrogens is 3. The molecule has 2 heterocycles. The zero-order valence-corrected chi connectivity index (χ0v) is 19.9. The van der Waals surface area contributed by atoms with Crippen molar-refractivity contribution in [1.82, 2.24) is 20.3 Å².